The Bertz CT molecular complexity index is 639. The number of phenols is 1. The lowest BCUT2D eigenvalue weighted by molar-refractivity contribution is 0.356. The van der Waals surface area contributed by atoms with Gasteiger partial charge < -0.3 is 15.2 Å². The Kier molecular flexibility index (Phi) is 3.84. The smallest absolute Gasteiger partial charge is 0.122 e. The van der Waals surface area contributed by atoms with Crippen LogP contribution >= 0.6 is 0 Å². The number of fused-ring (bicyclic) bond motifs is 1. The molecule has 3 rings (SSSR count). The van der Waals surface area contributed by atoms with Gasteiger partial charge in [0.1, 0.15) is 11.5 Å². The number of phenolic OH excluding ortho intramolecular Hbond substituents is 1. The number of aromatic hydroxyl groups is 1. The van der Waals surface area contributed by atoms with Crippen molar-refractivity contribution < 1.29 is 9.84 Å². The minimum atomic E-state index is 0.177. The van der Waals surface area contributed by atoms with Gasteiger partial charge in [-0.3, -0.25) is 0 Å². The summed E-state index contributed by atoms with van der Waals surface area (Å²) in [6.45, 7) is 5.07. The lowest BCUT2D eigenvalue weighted by atomic mass is 10.0. The molecule has 0 saturated heterocycles. The maximum Gasteiger partial charge on any atom is 0.122 e. The van der Waals surface area contributed by atoms with Gasteiger partial charge in [0.25, 0.3) is 0 Å². The Hall–Kier alpha value is -2.00. The van der Waals surface area contributed by atoms with E-state index in [9.17, 15) is 5.11 Å². The lowest BCUT2D eigenvalue weighted by Gasteiger charge is -2.21. The first-order chi connectivity index (χ1) is 10.1. The summed E-state index contributed by atoms with van der Waals surface area (Å²) < 4.78 is 5.55. The predicted molar refractivity (Wildman–Crippen MR) is 83.7 cm³/mol. The van der Waals surface area contributed by atoms with Crippen molar-refractivity contribution in [1.82, 2.24) is 5.32 Å². The molecule has 0 aromatic heterocycles. The summed E-state index contributed by atoms with van der Waals surface area (Å²) in [4.78, 5) is 0. The quantitative estimate of drug-likeness (QED) is 0.898. The van der Waals surface area contributed by atoms with Crippen LogP contribution in [0.1, 0.15) is 42.6 Å². The Morgan fingerprint density at radius 3 is 2.57 bits per heavy atom. The van der Waals surface area contributed by atoms with E-state index in [1.807, 2.05) is 12.1 Å². The summed E-state index contributed by atoms with van der Waals surface area (Å²) in [5, 5.41) is 13.2. The fourth-order valence-corrected chi connectivity index (χ4v) is 2.84. The number of hydrogen-bond donors (Lipinski definition) is 2. The summed E-state index contributed by atoms with van der Waals surface area (Å²) in [5.74, 6) is 1.33. The first kappa shape index (κ1) is 14.0. The van der Waals surface area contributed by atoms with Gasteiger partial charge in [0.05, 0.1) is 6.61 Å². The fourth-order valence-electron chi connectivity index (χ4n) is 2.84. The molecule has 3 nitrogen and oxygen atoms in total. The molecule has 2 atom stereocenters. The van der Waals surface area contributed by atoms with Crippen molar-refractivity contribution >= 4 is 0 Å². The van der Waals surface area contributed by atoms with E-state index in [1.165, 1.54) is 11.1 Å². The first-order valence-corrected chi connectivity index (χ1v) is 7.44. The number of benzene rings is 2. The third-order valence-corrected chi connectivity index (χ3v) is 4.08. The molecule has 3 heteroatoms. The number of nitrogens with one attached hydrogen (secondary N) is 1. The molecule has 1 aliphatic heterocycles. The molecule has 2 aromatic carbocycles. The molecule has 0 amide bonds. The molecule has 1 aliphatic rings. The zero-order chi connectivity index (χ0) is 14.8. The molecule has 2 unspecified atom stereocenters. The highest BCUT2D eigenvalue weighted by atomic mass is 16.5. The average Bonchev–Trinajstić information content (AvgIpc) is 2.94. The summed E-state index contributed by atoms with van der Waals surface area (Å²) in [5.41, 5.74) is 3.66. The maximum absolute atomic E-state index is 9.58. The largest absolute Gasteiger partial charge is 0.508 e. The van der Waals surface area contributed by atoms with Gasteiger partial charge in [0, 0.05) is 18.5 Å². The molecular formula is C18H21NO2. The Morgan fingerprint density at radius 1 is 1.05 bits per heavy atom. The molecule has 0 fully saturated rings. The highest BCUT2D eigenvalue weighted by molar-refractivity contribution is 5.40. The zero-order valence-corrected chi connectivity index (χ0v) is 12.5. The third-order valence-electron chi connectivity index (χ3n) is 4.08. The molecular weight excluding hydrogens is 262 g/mol. The van der Waals surface area contributed by atoms with E-state index < -0.39 is 0 Å². The molecule has 0 saturated carbocycles. The summed E-state index contributed by atoms with van der Waals surface area (Å²) in [6.07, 6.45) is 0.998. The van der Waals surface area contributed by atoms with E-state index in [0.29, 0.717) is 5.75 Å². The van der Waals surface area contributed by atoms with Crippen molar-refractivity contribution in [2.24, 2.45) is 0 Å². The topological polar surface area (TPSA) is 41.5 Å². The van der Waals surface area contributed by atoms with Crippen LogP contribution < -0.4 is 10.1 Å². The van der Waals surface area contributed by atoms with Crippen LogP contribution in [-0.2, 0) is 6.42 Å². The predicted octanol–water partition coefficient (Wildman–Crippen LogP) is 3.74. The van der Waals surface area contributed by atoms with Crippen LogP contribution in [0.2, 0.25) is 0 Å². The second kappa shape index (κ2) is 5.78. The summed E-state index contributed by atoms with van der Waals surface area (Å²) in [6, 6.07) is 14.2. The Labute approximate surface area is 125 Å². The SMILES string of the molecule is CC(NC(C)c1ccc2c(c1)CCO2)c1cccc(O)c1. The minimum Gasteiger partial charge on any atom is -0.508 e. The molecule has 0 spiro atoms. The Balaban J connectivity index is 1.72. The van der Waals surface area contributed by atoms with Gasteiger partial charge in [0.2, 0.25) is 0 Å². The standard InChI is InChI=1S/C18H21NO2/c1-12(14-4-3-5-17(20)11-14)19-13(2)15-6-7-18-16(10-15)8-9-21-18/h3-7,10-13,19-20H,8-9H2,1-2H3. The Morgan fingerprint density at radius 2 is 1.81 bits per heavy atom. The van der Waals surface area contributed by atoms with Crippen molar-refractivity contribution in [2.45, 2.75) is 32.4 Å². The van der Waals surface area contributed by atoms with Crippen LogP contribution in [0.4, 0.5) is 0 Å². The second-order valence-corrected chi connectivity index (χ2v) is 5.67. The van der Waals surface area contributed by atoms with E-state index in [4.69, 9.17) is 4.74 Å². The van der Waals surface area contributed by atoms with Crippen molar-refractivity contribution in [1.29, 1.82) is 0 Å². The van der Waals surface area contributed by atoms with Crippen molar-refractivity contribution in [2.75, 3.05) is 6.61 Å². The normalized spacial score (nSPS) is 16.1. The van der Waals surface area contributed by atoms with Crippen molar-refractivity contribution in [3.63, 3.8) is 0 Å². The highest BCUT2D eigenvalue weighted by Crippen LogP contribution is 2.29. The zero-order valence-electron chi connectivity index (χ0n) is 12.5. The maximum atomic E-state index is 9.58. The van der Waals surface area contributed by atoms with Crippen molar-refractivity contribution in [3.05, 3.63) is 59.2 Å². The number of hydrogen-bond acceptors (Lipinski definition) is 3. The third kappa shape index (κ3) is 3.03. The van der Waals surface area contributed by atoms with Crippen LogP contribution in [0.25, 0.3) is 0 Å². The van der Waals surface area contributed by atoms with E-state index in [0.717, 1.165) is 24.3 Å². The molecule has 110 valence electrons. The summed E-state index contributed by atoms with van der Waals surface area (Å²) >= 11 is 0. The number of rotatable bonds is 4. The van der Waals surface area contributed by atoms with Crippen LogP contribution in [0.15, 0.2) is 42.5 Å². The monoisotopic (exact) mass is 283 g/mol. The van der Waals surface area contributed by atoms with Gasteiger partial charge in [-0.05, 0) is 48.7 Å². The molecule has 0 bridgehead atoms. The first-order valence-electron chi connectivity index (χ1n) is 7.44. The van der Waals surface area contributed by atoms with E-state index >= 15 is 0 Å². The average molecular weight is 283 g/mol. The lowest BCUT2D eigenvalue weighted by Crippen LogP contribution is -2.22. The molecule has 1 heterocycles. The minimum absolute atomic E-state index is 0.177. The van der Waals surface area contributed by atoms with Gasteiger partial charge in [-0.15, -0.1) is 0 Å². The second-order valence-electron chi connectivity index (χ2n) is 5.67. The van der Waals surface area contributed by atoms with Gasteiger partial charge in [-0.25, -0.2) is 0 Å². The van der Waals surface area contributed by atoms with Gasteiger partial charge in [-0.2, -0.15) is 0 Å². The summed E-state index contributed by atoms with van der Waals surface area (Å²) in [7, 11) is 0. The van der Waals surface area contributed by atoms with Gasteiger partial charge in [-0.1, -0.05) is 24.3 Å². The number of ether oxygens (including phenoxy) is 1. The fraction of sp³-hybridized carbons (Fsp3) is 0.333. The van der Waals surface area contributed by atoms with Gasteiger partial charge >= 0.3 is 0 Å². The molecule has 2 N–H and O–H groups in total. The van der Waals surface area contributed by atoms with Crippen molar-refractivity contribution in [3.8, 4) is 11.5 Å². The molecule has 0 radical (unpaired) electrons. The molecule has 0 aliphatic carbocycles. The molecule has 21 heavy (non-hydrogen) atoms. The highest BCUT2D eigenvalue weighted by Gasteiger charge is 2.16. The van der Waals surface area contributed by atoms with Crippen LogP contribution in [0, 0.1) is 0 Å². The van der Waals surface area contributed by atoms with E-state index in [-0.39, 0.29) is 12.1 Å². The van der Waals surface area contributed by atoms with Gasteiger partial charge in [0.15, 0.2) is 0 Å². The van der Waals surface area contributed by atoms with Crippen LogP contribution in [-0.4, -0.2) is 11.7 Å². The molecule has 2 aromatic rings. The van der Waals surface area contributed by atoms with E-state index in [1.54, 1.807) is 12.1 Å². The van der Waals surface area contributed by atoms with Crippen LogP contribution in [0.3, 0.4) is 0 Å². The van der Waals surface area contributed by atoms with Crippen LogP contribution in [0.5, 0.6) is 11.5 Å². The van der Waals surface area contributed by atoms with E-state index in [2.05, 4.69) is 37.4 Å².